The van der Waals surface area contributed by atoms with Crippen molar-refractivity contribution in [2.75, 3.05) is 11.9 Å². The van der Waals surface area contributed by atoms with E-state index in [1.807, 2.05) is 0 Å². The molecule has 0 spiro atoms. The van der Waals surface area contributed by atoms with Gasteiger partial charge in [-0.2, -0.15) is 0 Å². The summed E-state index contributed by atoms with van der Waals surface area (Å²) < 4.78 is 26.1. The number of rotatable bonds is 3. The average molecular weight is 229 g/mol. The van der Waals surface area contributed by atoms with Crippen LogP contribution in [0.1, 0.15) is 0 Å². The summed E-state index contributed by atoms with van der Waals surface area (Å²) in [7, 11) is 0. The lowest BCUT2D eigenvalue weighted by Crippen LogP contribution is -2.38. The fraction of sp³-hybridized carbons (Fsp3) is 0.111. The van der Waals surface area contributed by atoms with E-state index >= 15 is 0 Å². The molecule has 0 bridgehead atoms. The first kappa shape index (κ1) is 11.9. The number of para-hydroxylation sites is 1. The highest BCUT2D eigenvalue weighted by Gasteiger charge is 2.10. The fourth-order valence-electron chi connectivity index (χ4n) is 1.02. The van der Waals surface area contributed by atoms with Crippen molar-refractivity contribution in [1.82, 2.24) is 5.32 Å². The van der Waals surface area contributed by atoms with Crippen LogP contribution in [-0.4, -0.2) is 18.5 Å². The maximum absolute atomic E-state index is 13.0. The maximum Gasteiger partial charge on any atom is 0.318 e. The highest BCUT2D eigenvalue weighted by Crippen LogP contribution is 2.17. The van der Waals surface area contributed by atoms with Gasteiger partial charge >= 0.3 is 6.03 Å². The number of urea groups is 1. The zero-order chi connectivity index (χ0) is 12.1. The molecule has 0 aliphatic rings. The number of nitrogens with one attached hydrogen (secondary N) is 2. The van der Waals surface area contributed by atoms with Crippen molar-refractivity contribution < 1.29 is 18.4 Å². The van der Waals surface area contributed by atoms with Crippen LogP contribution in [0.3, 0.4) is 0 Å². The molecule has 0 aliphatic carbocycles. The molecule has 4 N–H and O–H groups in total. The molecule has 7 heteroatoms. The van der Waals surface area contributed by atoms with Crippen molar-refractivity contribution in [3.8, 4) is 0 Å². The van der Waals surface area contributed by atoms with E-state index in [0.29, 0.717) is 0 Å². The Labute approximate surface area is 89.6 Å². The van der Waals surface area contributed by atoms with Gasteiger partial charge in [0.15, 0.2) is 0 Å². The highest BCUT2D eigenvalue weighted by molar-refractivity contribution is 5.95. The normalized spacial score (nSPS) is 9.62. The topological polar surface area (TPSA) is 84.2 Å². The van der Waals surface area contributed by atoms with Crippen LogP contribution in [0.5, 0.6) is 0 Å². The van der Waals surface area contributed by atoms with Gasteiger partial charge in [-0.15, -0.1) is 0 Å². The molecule has 1 aromatic rings. The first-order chi connectivity index (χ1) is 7.50. The van der Waals surface area contributed by atoms with Crippen LogP contribution in [0.4, 0.5) is 19.3 Å². The molecule has 0 heterocycles. The minimum absolute atomic E-state index is 0.429. The number of hydrogen-bond acceptors (Lipinski definition) is 3. The average Bonchev–Trinajstić information content (AvgIpc) is 2.15. The summed E-state index contributed by atoms with van der Waals surface area (Å²) >= 11 is 0. The number of halogens is 2. The summed E-state index contributed by atoms with van der Waals surface area (Å²) in [5.74, 6) is -2.44. The summed E-state index contributed by atoms with van der Waals surface area (Å²) in [4.78, 5) is 21.2. The number of carbonyl (C=O) groups is 2. The van der Waals surface area contributed by atoms with E-state index in [4.69, 9.17) is 0 Å². The molecule has 1 rings (SSSR count). The van der Waals surface area contributed by atoms with Crippen LogP contribution >= 0.6 is 0 Å². The van der Waals surface area contributed by atoms with Gasteiger partial charge < -0.3 is 11.1 Å². The molecular formula is C9H9F2N3O2. The molecule has 1 aromatic carbocycles. The fourth-order valence-corrected chi connectivity index (χ4v) is 1.02. The minimum Gasteiger partial charge on any atom is -0.371 e. The summed E-state index contributed by atoms with van der Waals surface area (Å²) in [5, 5.41) is 3.96. The van der Waals surface area contributed by atoms with Gasteiger partial charge in [0.05, 0.1) is 6.54 Å². The van der Waals surface area contributed by atoms with Gasteiger partial charge in [-0.25, -0.2) is 13.6 Å². The molecule has 3 amide bonds. The Morgan fingerprint density at radius 1 is 1.25 bits per heavy atom. The summed E-state index contributed by atoms with van der Waals surface area (Å²) in [6.07, 6.45) is 0. The number of anilines is 1. The van der Waals surface area contributed by atoms with Gasteiger partial charge in [-0.05, 0) is 12.1 Å². The molecular weight excluding hydrogens is 220 g/mol. The minimum atomic E-state index is -1.03. The van der Waals surface area contributed by atoms with E-state index in [1.165, 1.54) is 6.07 Å². The van der Waals surface area contributed by atoms with Gasteiger partial charge in [-0.1, -0.05) is 6.07 Å². The van der Waals surface area contributed by atoms with Crippen LogP contribution < -0.4 is 16.4 Å². The number of hydrogen-bond donors (Lipinski definition) is 3. The summed E-state index contributed by atoms with van der Waals surface area (Å²) in [6.45, 7) is -0.458. The van der Waals surface area contributed by atoms with Crippen molar-refractivity contribution in [1.29, 1.82) is 0 Å². The van der Waals surface area contributed by atoms with Crippen molar-refractivity contribution in [3.63, 3.8) is 0 Å². The molecule has 5 nitrogen and oxygen atoms in total. The van der Waals surface area contributed by atoms with Gasteiger partial charge in [0.25, 0.3) is 0 Å². The lowest BCUT2D eigenvalue weighted by atomic mass is 10.3. The molecule has 0 saturated heterocycles. The quantitative estimate of drug-likeness (QED) is 0.708. The molecule has 0 unspecified atom stereocenters. The Hall–Kier alpha value is -2.18. The van der Waals surface area contributed by atoms with Gasteiger partial charge in [0, 0.05) is 0 Å². The molecule has 0 saturated carbocycles. The lowest BCUT2D eigenvalue weighted by molar-refractivity contribution is -0.118. The monoisotopic (exact) mass is 229 g/mol. The standard InChI is InChI=1S/C9H9F2N3O2/c10-5-2-1-3-6(11)8(5)13-4-7(15)14-9(12)16/h1-3,13H,4H2,(H3,12,14,15,16). The zero-order valence-corrected chi connectivity index (χ0v) is 8.09. The van der Waals surface area contributed by atoms with E-state index in [1.54, 1.807) is 5.32 Å². The Balaban J connectivity index is 2.61. The number of carbonyl (C=O) groups excluding carboxylic acids is 2. The number of benzene rings is 1. The molecule has 16 heavy (non-hydrogen) atoms. The van der Waals surface area contributed by atoms with Crippen molar-refractivity contribution in [2.24, 2.45) is 5.73 Å². The van der Waals surface area contributed by atoms with Crippen molar-refractivity contribution >= 4 is 17.6 Å². The van der Waals surface area contributed by atoms with E-state index < -0.39 is 35.8 Å². The Bertz CT molecular complexity index is 403. The Morgan fingerprint density at radius 2 is 1.81 bits per heavy atom. The van der Waals surface area contributed by atoms with Crippen molar-refractivity contribution in [2.45, 2.75) is 0 Å². The van der Waals surface area contributed by atoms with Gasteiger partial charge in [0.1, 0.15) is 17.3 Å². The van der Waals surface area contributed by atoms with E-state index in [0.717, 1.165) is 12.1 Å². The van der Waals surface area contributed by atoms with E-state index in [2.05, 4.69) is 11.1 Å². The highest BCUT2D eigenvalue weighted by atomic mass is 19.1. The predicted molar refractivity (Wildman–Crippen MR) is 52.6 cm³/mol. The first-order valence-electron chi connectivity index (χ1n) is 4.28. The third-order valence-corrected chi connectivity index (χ3v) is 1.65. The SMILES string of the molecule is NC(=O)NC(=O)CNc1c(F)cccc1F. The second-order valence-electron chi connectivity index (χ2n) is 2.86. The molecule has 0 fully saturated rings. The maximum atomic E-state index is 13.0. The smallest absolute Gasteiger partial charge is 0.318 e. The van der Waals surface area contributed by atoms with E-state index in [9.17, 15) is 18.4 Å². The number of amides is 3. The van der Waals surface area contributed by atoms with E-state index in [-0.39, 0.29) is 0 Å². The van der Waals surface area contributed by atoms with Crippen LogP contribution in [0.15, 0.2) is 18.2 Å². The third-order valence-electron chi connectivity index (χ3n) is 1.65. The largest absolute Gasteiger partial charge is 0.371 e. The Morgan fingerprint density at radius 3 is 2.31 bits per heavy atom. The molecule has 0 aliphatic heterocycles. The second-order valence-corrected chi connectivity index (χ2v) is 2.86. The summed E-state index contributed by atoms with van der Waals surface area (Å²) in [5.41, 5.74) is 4.25. The van der Waals surface area contributed by atoms with Crippen LogP contribution in [0, 0.1) is 11.6 Å². The molecule has 86 valence electrons. The predicted octanol–water partition coefficient (Wildman–Crippen LogP) is 0.572. The van der Waals surface area contributed by atoms with Crippen molar-refractivity contribution in [3.05, 3.63) is 29.8 Å². The molecule has 0 atom stereocenters. The van der Waals surface area contributed by atoms with Crippen LogP contribution in [0.25, 0.3) is 0 Å². The van der Waals surface area contributed by atoms with Gasteiger partial charge in [0.2, 0.25) is 5.91 Å². The number of primary amides is 1. The number of nitrogens with two attached hydrogens (primary N) is 1. The Kier molecular flexibility index (Phi) is 3.76. The molecule has 0 radical (unpaired) electrons. The lowest BCUT2D eigenvalue weighted by Gasteiger charge is -2.07. The van der Waals surface area contributed by atoms with Crippen LogP contribution in [0.2, 0.25) is 0 Å². The second kappa shape index (κ2) is 5.06. The first-order valence-corrected chi connectivity index (χ1v) is 4.28. The third kappa shape index (κ3) is 3.19. The van der Waals surface area contributed by atoms with Gasteiger partial charge in [-0.3, -0.25) is 10.1 Å². The zero-order valence-electron chi connectivity index (χ0n) is 8.09. The van der Waals surface area contributed by atoms with Crippen LogP contribution in [-0.2, 0) is 4.79 Å². The number of imide groups is 1. The molecule has 0 aromatic heterocycles. The summed E-state index contributed by atoms with van der Waals surface area (Å²) in [6, 6.07) is 2.24.